The van der Waals surface area contributed by atoms with Gasteiger partial charge in [0.2, 0.25) is 0 Å². The third-order valence-electron chi connectivity index (χ3n) is 2.00. The van der Waals surface area contributed by atoms with Gasteiger partial charge in [0.05, 0.1) is 6.42 Å². The first-order valence-corrected chi connectivity index (χ1v) is 5.80. The molecule has 3 heteroatoms. The summed E-state index contributed by atoms with van der Waals surface area (Å²) in [6, 6.07) is 7.52. The highest BCUT2D eigenvalue weighted by molar-refractivity contribution is 5.70. The van der Waals surface area contributed by atoms with Gasteiger partial charge in [-0.05, 0) is 25.5 Å². The van der Waals surface area contributed by atoms with Crippen LogP contribution in [0.3, 0.4) is 0 Å². The molecule has 3 nitrogen and oxygen atoms in total. The largest absolute Gasteiger partial charge is 0.509 e. The predicted molar refractivity (Wildman–Crippen MR) is 78.2 cm³/mol. The Bertz CT molecular complexity index is 469. The van der Waals surface area contributed by atoms with Crippen LogP contribution in [0.1, 0.15) is 18.1 Å². The fraction of sp³-hybridized carbons (Fsp3) is 0.188. The van der Waals surface area contributed by atoms with Crippen molar-refractivity contribution < 1.29 is 15.0 Å². The molecule has 0 aliphatic carbocycles. The molecule has 0 aliphatic rings. The highest BCUT2D eigenvalue weighted by Gasteiger charge is 1.98. The van der Waals surface area contributed by atoms with Crippen LogP contribution in [0.25, 0.3) is 0 Å². The molecule has 1 rings (SSSR count). The van der Waals surface area contributed by atoms with Gasteiger partial charge in [-0.2, -0.15) is 0 Å². The number of carboxylic acids is 1. The third-order valence-corrected chi connectivity index (χ3v) is 2.00. The number of allylic oxidation sites excluding steroid dienone is 3. The van der Waals surface area contributed by atoms with Gasteiger partial charge >= 0.3 is 5.97 Å². The quantitative estimate of drug-likeness (QED) is 0.639. The van der Waals surface area contributed by atoms with E-state index in [9.17, 15) is 4.79 Å². The number of aliphatic hydroxyl groups excluding tert-OH is 1. The molecule has 0 spiro atoms. The minimum Gasteiger partial charge on any atom is -0.509 e. The van der Waals surface area contributed by atoms with Gasteiger partial charge in [0, 0.05) is 0 Å². The van der Waals surface area contributed by atoms with E-state index < -0.39 is 5.97 Å². The molecule has 1 aromatic rings. The zero-order valence-corrected chi connectivity index (χ0v) is 11.4. The average molecular weight is 260 g/mol. The zero-order valence-electron chi connectivity index (χ0n) is 11.4. The molecule has 0 radical (unpaired) electrons. The second-order valence-electron chi connectivity index (χ2n) is 4.23. The molecular weight excluding hydrogens is 240 g/mol. The Morgan fingerprint density at radius 2 is 1.89 bits per heavy atom. The molecule has 102 valence electrons. The van der Waals surface area contributed by atoms with Crippen molar-refractivity contribution in [2.24, 2.45) is 0 Å². The summed E-state index contributed by atoms with van der Waals surface area (Å²) in [6.45, 7) is 10.6. The molecule has 2 N–H and O–H groups in total. The van der Waals surface area contributed by atoms with Gasteiger partial charge in [-0.25, -0.2) is 0 Å². The molecule has 0 saturated carbocycles. The van der Waals surface area contributed by atoms with Crippen molar-refractivity contribution in [3.05, 3.63) is 72.0 Å². The SMILES string of the molecule is C=C(C)/C=C\C(=C)O.Cc1cccc(CC(=O)O)c1. The van der Waals surface area contributed by atoms with Gasteiger partial charge in [-0.3, -0.25) is 4.79 Å². The summed E-state index contributed by atoms with van der Waals surface area (Å²) < 4.78 is 0. The second kappa shape index (κ2) is 8.75. The van der Waals surface area contributed by atoms with Gasteiger partial charge in [0.25, 0.3) is 0 Å². The smallest absolute Gasteiger partial charge is 0.307 e. The van der Waals surface area contributed by atoms with Crippen LogP contribution in [0.5, 0.6) is 0 Å². The molecule has 0 amide bonds. The van der Waals surface area contributed by atoms with Gasteiger partial charge < -0.3 is 10.2 Å². The van der Waals surface area contributed by atoms with E-state index >= 15 is 0 Å². The number of aliphatic hydroxyl groups is 1. The van der Waals surface area contributed by atoms with Crippen LogP contribution in [-0.2, 0) is 11.2 Å². The fourth-order valence-corrected chi connectivity index (χ4v) is 1.24. The molecular formula is C16H20O3. The Morgan fingerprint density at radius 1 is 1.26 bits per heavy atom. The second-order valence-corrected chi connectivity index (χ2v) is 4.23. The van der Waals surface area contributed by atoms with E-state index in [2.05, 4.69) is 13.2 Å². The highest BCUT2D eigenvalue weighted by Crippen LogP contribution is 2.04. The van der Waals surface area contributed by atoms with Crippen molar-refractivity contribution in [1.29, 1.82) is 0 Å². The minimum atomic E-state index is -0.782. The molecule has 0 saturated heterocycles. The molecule has 0 aliphatic heterocycles. The number of aryl methyl sites for hydroxylation is 1. The van der Waals surface area contributed by atoms with Crippen LogP contribution in [0.2, 0.25) is 0 Å². The van der Waals surface area contributed by atoms with Gasteiger partial charge in [-0.15, -0.1) is 0 Å². The maximum absolute atomic E-state index is 10.3. The Kier molecular flexibility index (Phi) is 7.70. The Hall–Kier alpha value is -2.29. The van der Waals surface area contributed by atoms with Crippen molar-refractivity contribution in [3.63, 3.8) is 0 Å². The standard InChI is InChI=1S/C9H10O2.C7H10O/c1-7-3-2-4-8(5-7)6-9(10)11;1-6(2)4-5-7(3)8/h2-5H,6H2,1H3,(H,10,11);4-5,8H,1,3H2,2H3/b;5-4-. The van der Waals surface area contributed by atoms with Crippen molar-refractivity contribution in [2.45, 2.75) is 20.3 Å². The summed E-state index contributed by atoms with van der Waals surface area (Å²) in [5, 5.41) is 16.9. The van der Waals surface area contributed by atoms with Crippen LogP contribution < -0.4 is 0 Å². The number of benzene rings is 1. The molecule has 0 bridgehead atoms. The number of carbonyl (C=O) groups is 1. The van der Waals surface area contributed by atoms with Gasteiger partial charge in [0.15, 0.2) is 0 Å². The molecule has 0 heterocycles. The topological polar surface area (TPSA) is 57.5 Å². The number of hydrogen-bond donors (Lipinski definition) is 2. The molecule has 0 aromatic heterocycles. The highest BCUT2D eigenvalue weighted by atomic mass is 16.4. The molecule has 0 atom stereocenters. The summed E-state index contributed by atoms with van der Waals surface area (Å²) >= 11 is 0. The number of rotatable bonds is 4. The Balaban J connectivity index is 0.000000362. The maximum atomic E-state index is 10.3. The zero-order chi connectivity index (χ0) is 14.8. The normalized spacial score (nSPS) is 9.58. The van der Waals surface area contributed by atoms with Crippen molar-refractivity contribution in [3.8, 4) is 0 Å². The minimum absolute atomic E-state index is 0.0630. The van der Waals surface area contributed by atoms with Gasteiger partial charge in [-0.1, -0.05) is 54.6 Å². The molecule has 0 unspecified atom stereocenters. The lowest BCUT2D eigenvalue weighted by Gasteiger charge is -1.96. The average Bonchev–Trinajstić information content (AvgIpc) is 2.26. The van der Waals surface area contributed by atoms with E-state index in [4.69, 9.17) is 10.2 Å². The summed E-state index contributed by atoms with van der Waals surface area (Å²) in [5.74, 6) is -0.719. The van der Waals surface area contributed by atoms with Gasteiger partial charge in [0.1, 0.15) is 5.76 Å². The fourth-order valence-electron chi connectivity index (χ4n) is 1.24. The number of aliphatic carboxylic acids is 1. The Labute approximate surface area is 114 Å². The lowest BCUT2D eigenvalue weighted by Crippen LogP contribution is -1.99. The lowest BCUT2D eigenvalue weighted by molar-refractivity contribution is -0.136. The molecule has 0 fully saturated rings. The first kappa shape index (κ1) is 16.7. The van der Waals surface area contributed by atoms with E-state index in [0.29, 0.717) is 0 Å². The lowest BCUT2D eigenvalue weighted by atomic mass is 10.1. The third kappa shape index (κ3) is 10.6. The first-order valence-electron chi connectivity index (χ1n) is 5.80. The predicted octanol–water partition coefficient (Wildman–Crippen LogP) is 3.81. The van der Waals surface area contributed by atoms with Crippen LogP contribution in [0, 0.1) is 6.92 Å². The maximum Gasteiger partial charge on any atom is 0.307 e. The summed E-state index contributed by atoms with van der Waals surface area (Å²) in [6.07, 6.45) is 3.31. The van der Waals surface area contributed by atoms with Crippen LogP contribution in [0.15, 0.2) is 60.9 Å². The number of hydrogen-bond acceptors (Lipinski definition) is 2. The van der Waals surface area contributed by atoms with E-state index in [1.165, 1.54) is 6.08 Å². The van der Waals surface area contributed by atoms with Crippen LogP contribution in [-0.4, -0.2) is 16.2 Å². The van der Waals surface area contributed by atoms with Crippen molar-refractivity contribution >= 4 is 5.97 Å². The van der Waals surface area contributed by atoms with Crippen LogP contribution >= 0.6 is 0 Å². The van der Waals surface area contributed by atoms with E-state index in [1.807, 2.05) is 38.1 Å². The Morgan fingerprint density at radius 3 is 2.26 bits per heavy atom. The van der Waals surface area contributed by atoms with Crippen molar-refractivity contribution in [1.82, 2.24) is 0 Å². The number of carboxylic acid groups (broad SMARTS) is 1. The molecule has 19 heavy (non-hydrogen) atoms. The summed E-state index contributed by atoms with van der Waals surface area (Å²) in [7, 11) is 0. The van der Waals surface area contributed by atoms with E-state index in [0.717, 1.165) is 16.7 Å². The summed E-state index contributed by atoms with van der Waals surface area (Å²) in [4.78, 5) is 10.3. The van der Waals surface area contributed by atoms with E-state index in [1.54, 1.807) is 6.08 Å². The van der Waals surface area contributed by atoms with Crippen molar-refractivity contribution in [2.75, 3.05) is 0 Å². The summed E-state index contributed by atoms with van der Waals surface area (Å²) in [5.41, 5.74) is 2.86. The first-order chi connectivity index (χ1) is 8.81. The molecule has 1 aromatic carbocycles. The monoisotopic (exact) mass is 260 g/mol. The van der Waals surface area contributed by atoms with E-state index in [-0.39, 0.29) is 12.2 Å². The van der Waals surface area contributed by atoms with Crippen LogP contribution in [0.4, 0.5) is 0 Å².